The average Bonchev–Trinajstić information content (AvgIpc) is 2.83. The Hall–Kier alpha value is -3.23. The molecule has 1 heterocycles. The molecule has 1 N–H and O–H groups in total. The standard InChI is InChI=1S/C24H27N3O4S/c1-4-18-7-9-19(10-8-18)16-27(17-20-6-5-13-26-15-20)24(28)21-11-12-22(31-3)23(14-21)32(29,30)25-2/h5-15,25H,4,16-17H2,1-3H3. The summed E-state index contributed by atoms with van der Waals surface area (Å²) in [5.74, 6) is -0.117. The summed E-state index contributed by atoms with van der Waals surface area (Å²) in [4.78, 5) is 19.2. The number of ether oxygens (including phenoxy) is 1. The molecule has 0 saturated carbocycles. The van der Waals surface area contributed by atoms with Crippen molar-refractivity contribution in [3.8, 4) is 5.75 Å². The van der Waals surface area contributed by atoms with Crippen LogP contribution in [0.5, 0.6) is 5.75 Å². The highest BCUT2D eigenvalue weighted by molar-refractivity contribution is 7.89. The van der Waals surface area contributed by atoms with Crippen molar-refractivity contribution in [2.45, 2.75) is 31.3 Å². The monoisotopic (exact) mass is 453 g/mol. The van der Waals surface area contributed by atoms with Gasteiger partial charge in [-0.25, -0.2) is 13.1 Å². The minimum Gasteiger partial charge on any atom is -0.495 e. The Bertz CT molecular complexity index is 1160. The number of rotatable bonds is 9. The number of hydrogen-bond acceptors (Lipinski definition) is 5. The second-order valence-corrected chi connectivity index (χ2v) is 9.12. The van der Waals surface area contributed by atoms with Crippen molar-refractivity contribution < 1.29 is 17.9 Å². The van der Waals surface area contributed by atoms with Gasteiger partial charge < -0.3 is 9.64 Å². The molecule has 7 nitrogen and oxygen atoms in total. The highest BCUT2D eigenvalue weighted by Crippen LogP contribution is 2.26. The molecule has 168 valence electrons. The van der Waals surface area contributed by atoms with E-state index in [1.165, 1.54) is 31.9 Å². The highest BCUT2D eigenvalue weighted by atomic mass is 32.2. The van der Waals surface area contributed by atoms with Gasteiger partial charge in [0.1, 0.15) is 10.6 Å². The minimum absolute atomic E-state index is 0.0815. The largest absolute Gasteiger partial charge is 0.495 e. The average molecular weight is 454 g/mol. The highest BCUT2D eigenvalue weighted by Gasteiger charge is 2.23. The van der Waals surface area contributed by atoms with Crippen molar-refractivity contribution in [3.63, 3.8) is 0 Å². The summed E-state index contributed by atoms with van der Waals surface area (Å²) in [5, 5.41) is 0. The molecule has 0 bridgehead atoms. The quantitative estimate of drug-likeness (QED) is 0.536. The molecule has 32 heavy (non-hydrogen) atoms. The molecule has 0 saturated heterocycles. The molecule has 0 fully saturated rings. The summed E-state index contributed by atoms with van der Waals surface area (Å²) in [7, 11) is -1.10. The van der Waals surface area contributed by atoms with Crippen LogP contribution < -0.4 is 9.46 Å². The van der Waals surface area contributed by atoms with Crippen LogP contribution in [0.3, 0.4) is 0 Å². The van der Waals surface area contributed by atoms with Gasteiger partial charge in [-0.05, 0) is 54.4 Å². The van der Waals surface area contributed by atoms with Gasteiger partial charge in [0, 0.05) is 31.0 Å². The third kappa shape index (κ3) is 5.52. The van der Waals surface area contributed by atoms with E-state index in [9.17, 15) is 13.2 Å². The summed E-state index contributed by atoms with van der Waals surface area (Å²) >= 11 is 0. The number of methoxy groups -OCH3 is 1. The van der Waals surface area contributed by atoms with E-state index in [0.29, 0.717) is 13.1 Å². The Kier molecular flexibility index (Phi) is 7.61. The van der Waals surface area contributed by atoms with Crippen LogP contribution in [0.2, 0.25) is 0 Å². The van der Waals surface area contributed by atoms with Gasteiger partial charge in [0.2, 0.25) is 10.0 Å². The number of carbonyl (C=O) groups is 1. The summed E-state index contributed by atoms with van der Waals surface area (Å²) in [6, 6.07) is 16.3. The molecular weight excluding hydrogens is 426 g/mol. The van der Waals surface area contributed by atoms with E-state index >= 15 is 0 Å². The second kappa shape index (κ2) is 10.4. The van der Waals surface area contributed by atoms with Crippen LogP contribution in [0.4, 0.5) is 0 Å². The Morgan fingerprint density at radius 1 is 1.03 bits per heavy atom. The van der Waals surface area contributed by atoms with Gasteiger partial charge in [-0.1, -0.05) is 37.3 Å². The van der Waals surface area contributed by atoms with Crippen molar-refractivity contribution in [1.29, 1.82) is 0 Å². The lowest BCUT2D eigenvalue weighted by Gasteiger charge is -2.24. The number of benzene rings is 2. The maximum Gasteiger partial charge on any atom is 0.254 e. The van der Waals surface area contributed by atoms with Crippen LogP contribution in [-0.2, 0) is 29.5 Å². The fraction of sp³-hybridized carbons (Fsp3) is 0.250. The molecule has 0 aliphatic carbocycles. The third-order valence-corrected chi connectivity index (χ3v) is 6.59. The van der Waals surface area contributed by atoms with Crippen LogP contribution in [0.1, 0.15) is 34.0 Å². The third-order valence-electron chi connectivity index (χ3n) is 5.16. The lowest BCUT2D eigenvalue weighted by atomic mass is 10.1. The number of carbonyl (C=O) groups excluding carboxylic acids is 1. The smallest absolute Gasteiger partial charge is 0.254 e. The topological polar surface area (TPSA) is 88.6 Å². The fourth-order valence-electron chi connectivity index (χ4n) is 3.32. The predicted molar refractivity (Wildman–Crippen MR) is 123 cm³/mol. The van der Waals surface area contributed by atoms with E-state index in [0.717, 1.165) is 17.5 Å². The molecule has 3 rings (SSSR count). The van der Waals surface area contributed by atoms with Gasteiger partial charge in [0.05, 0.1) is 7.11 Å². The van der Waals surface area contributed by atoms with Crippen molar-refractivity contribution in [3.05, 3.63) is 89.2 Å². The Balaban J connectivity index is 1.97. The fourth-order valence-corrected chi connectivity index (χ4v) is 4.24. The number of sulfonamides is 1. The molecule has 0 unspecified atom stereocenters. The van der Waals surface area contributed by atoms with Gasteiger partial charge in [-0.3, -0.25) is 9.78 Å². The second-order valence-electron chi connectivity index (χ2n) is 7.27. The van der Waals surface area contributed by atoms with Gasteiger partial charge in [-0.15, -0.1) is 0 Å². The minimum atomic E-state index is -3.80. The number of nitrogens with zero attached hydrogens (tertiary/aromatic N) is 2. The van der Waals surface area contributed by atoms with Crippen molar-refractivity contribution in [2.24, 2.45) is 0 Å². The zero-order chi connectivity index (χ0) is 23.1. The predicted octanol–water partition coefficient (Wildman–Crippen LogP) is 3.40. The first-order chi connectivity index (χ1) is 15.4. The molecule has 0 spiro atoms. The van der Waals surface area contributed by atoms with Gasteiger partial charge in [0.15, 0.2) is 0 Å². The number of aromatic nitrogens is 1. The number of amides is 1. The van der Waals surface area contributed by atoms with Crippen LogP contribution in [0, 0.1) is 0 Å². The van der Waals surface area contributed by atoms with E-state index in [1.54, 1.807) is 23.4 Å². The lowest BCUT2D eigenvalue weighted by molar-refractivity contribution is 0.0729. The number of aryl methyl sites for hydroxylation is 1. The molecule has 2 aromatic carbocycles. The Morgan fingerprint density at radius 2 is 1.72 bits per heavy atom. The van der Waals surface area contributed by atoms with Crippen LogP contribution in [0.25, 0.3) is 0 Å². The molecule has 8 heteroatoms. The van der Waals surface area contributed by atoms with Gasteiger partial charge >= 0.3 is 0 Å². The van der Waals surface area contributed by atoms with Gasteiger partial charge in [-0.2, -0.15) is 0 Å². The number of hydrogen-bond donors (Lipinski definition) is 1. The molecular formula is C24H27N3O4S. The SMILES string of the molecule is CCc1ccc(CN(Cc2cccnc2)C(=O)c2ccc(OC)c(S(=O)(=O)NC)c2)cc1. The van der Waals surface area contributed by atoms with Gasteiger partial charge in [0.25, 0.3) is 5.91 Å². The number of nitrogens with one attached hydrogen (secondary N) is 1. The first-order valence-corrected chi connectivity index (χ1v) is 11.7. The molecule has 0 aliphatic rings. The Labute approximate surface area is 189 Å². The molecule has 0 radical (unpaired) electrons. The maximum atomic E-state index is 13.5. The summed E-state index contributed by atoms with van der Waals surface area (Å²) < 4.78 is 32.4. The zero-order valence-electron chi connectivity index (χ0n) is 18.4. The van der Waals surface area contributed by atoms with Crippen molar-refractivity contribution >= 4 is 15.9 Å². The summed E-state index contributed by atoms with van der Waals surface area (Å²) in [5.41, 5.74) is 3.34. The molecule has 0 atom stereocenters. The molecule has 0 aliphatic heterocycles. The van der Waals surface area contributed by atoms with Crippen molar-refractivity contribution in [2.75, 3.05) is 14.2 Å². The summed E-state index contributed by atoms with van der Waals surface area (Å²) in [6.45, 7) is 2.80. The lowest BCUT2D eigenvalue weighted by Crippen LogP contribution is -2.30. The normalized spacial score (nSPS) is 11.2. The first-order valence-electron chi connectivity index (χ1n) is 10.3. The van der Waals surface area contributed by atoms with Crippen molar-refractivity contribution in [1.82, 2.24) is 14.6 Å². The van der Waals surface area contributed by atoms with Crippen LogP contribution in [0.15, 0.2) is 71.9 Å². The number of pyridine rings is 1. The maximum absolute atomic E-state index is 13.5. The van der Waals surface area contributed by atoms with E-state index < -0.39 is 10.0 Å². The molecule has 1 amide bonds. The molecule has 1 aromatic heterocycles. The zero-order valence-corrected chi connectivity index (χ0v) is 19.2. The van der Waals surface area contributed by atoms with Crippen LogP contribution >= 0.6 is 0 Å². The van der Waals surface area contributed by atoms with E-state index in [4.69, 9.17) is 4.74 Å². The van der Waals surface area contributed by atoms with Crippen LogP contribution in [-0.4, -0.2) is 38.4 Å². The molecule has 3 aromatic rings. The van der Waals surface area contributed by atoms with E-state index in [-0.39, 0.29) is 22.1 Å². The summed E-state index contributed by atoms with van der Waals surface area (Å²) in [6.07, 6.45) is 4.33. The van der Waals surface area contributed by atoms with E-state index in [1.807, 2.05) is 36.4 Å². The van der Waals surface area contributed by atoms with E-state index in [2.05, 4.69) is 16.6 Å². The Morgan fingerprint density at radius 3 is 2.31 bits per heavy atom. The first kappa shape index (κ1) is 23.4.